The summed E-state index contributed by atoms with van der Waals surface area (Å²) in [6.45, 7) is 5.31. The van der Waals surface area contributed by atoms with Gasteiger partial charge in [-0.15, -0.1) is 0 Å². The van der Waals surface area contributed by atoms with Crippen molar-refractivity contribution in [2.24, 2.45) is 0 Å². The molecule has 1 aliphatic carbocycles. The van der Waals surface area contributed by atoms with Crippen LogP contribution in [0.5, 0.6) is 0 Å². The Kier molecular flexibility index (Phi) is 7.03. The second-order valence-electron chi connectivity index (χ2n) is 5.80. The number of hydrogen-bond acceptors (Lipinski definition) is 4. The number of anilines is 1. The minimum atomic E-state index is 0.476. The molecule has 0 radical (unpaired) electrons. The number of methoxy groups -OCH3 is 1. The average molecular weight is 295 g/mol. The van der Waals surface area contributed by atoms with Crippen molar-refractivity contribution in [2.75, 3.05) is 32.2 Å². The van der Waals surface area contributed by atoms with Gasteiger partial charge in [0.15, 0.2) is 0 Å². The highest BCUT2D eigenvalue weighted by Gasteiger charge is 2.13. The maximum atomic E-state index is 5.93. The van der Waals surface area contributed by atoms with Crippen molar-refractivity contribution in [2.45, 2.75) is 58.1 Å². The van der Waals surface area contributed by atoms with Crippen molar-refractivity contribution in [3.8, 4) is 0 Å². The van der Waals surface area contributed by atoms with Gasteiger partial charge in [0.2, 0.25) is 5.95 Å². The van der Waals surface area contributed by atoms with E-state index < -0.39 is 0 Å². The van der Waals surface area contributed by atoms with Crippen LogP contribution in [-0.4, -0.2) is 42.5 Å². The van der Waals surface area contributed by atoms with Crippen LogP contribution in [-0.2, 0) is 16.0 Å². The van der Waals surface area contributed by atoms with E-state index in [0.717, 1.165) is 44.4 Å². The maximum absolute atomic E-state index is 5.93. The molecule has 21 heavy (non-hydrogen) atoms. The summed E-state index contributed by atoms with van der Waals surface area (Å²) < 4.78 is 13.2. The van der Waals surface area contributed by atoms with E-state index in [0.29, 0.717) is 6.10 Å². The molecule has 1 N–H and O–H groups in total. The quantitative estimate of drug-likeness (QED) is 0.712. The Morgan fingerprint density at radius 2 is 2.10 bits per heavy atom. The second kappa shape index (κ2) is 9.05. The van der Waals surface area contributed by atoms with Crippen LogP contribution in [0.3, 0.4) is 0 Å². The summed E-state index contributed by atoms with van der Waals surface area (Å²) in [6, 6.07) is 0. The highest BCUT2D eigenvalue weighted by molar-refractivity contribution is 5.28. The Morgan fingerprint density at radius 1 is 1.29 bits per heavy atom. The summed E-state index contributed by atoms with van der Waals surface area (Å²) in [6.07, 6.45) is 10.0. The molecule has 0 saturated heterocycles. The van der Waals surface area contributed by atoms with Crippen molar-refractivity contribution in [1.82, 2.24) is 9.55 Å². The Balaban J connectivity index is 1.69. The highest BCUT2D eigenvalue weighted by atomic mass is 16.5. The van der Waals surface area contributed by atoms with Crippen LogP contribution in [0.1, 0.15) is 44.2 Å². The van der Waals surface area contributed by atoms with Crippen LogP contribution < -0.4 is 5.32 Å². The minimum absolute atomic E-state index is 0.476. The normalized spacial score (nSPS) is 16.3. The summed E-state index contributed by atoms with van der Waals surface area (Å²) in [5.74, 6) is 0.941. The molecule has 0 spiro atoms. The lowest BCUT2D eigenvalue weighted by Gasteiger charge is -2.22. The van der Waals surface area contributed by atoms with Gasteiger partial charge in [-0.1, -0.05) is 19.3 Å². The fourth-order valence-corrected chi connectivity index (χ4v) is 2.86. The zero-order chi connectivity index (χ0) is 14.9. The monoisotopic (exact) mass is 295 g/mol. The second-order valence-corrected chi connectivity index (χ2v) is 5.80. The number of aryl methyl sites for hydroxylation is 2. The summed E-state index contributed by atoms with van der Waals surface area (Å²) >= 11 is 0. The summed E-state index contributed by atoms with van der Waals surface area (Å²) in [5.41, 5.74) is 1.04. The largest absolute Gasteiger partial charge is 0.385 e. The smallest absolute Gasteiger partial charge is 0.203 e. The van der Waals surface area contributed by atoms with E-state index in [9.17, 15) is 0 Å². The molecule has 1 saturated carbocycles. The molecular formula is C16H29N3O2. The van der Waals surface area contributed by atoms with Crippen LogP contribution in [0.15, 0.2) is 6.20 Å². The first kappa shape index (κ1) is 16.3. The van der Waals surface area contributed by atoms with Gasteiger partial charge in [0.1, 0.15) is 0 Å². The fraction of sp³-hybridized carbons (Fsp3) is 0.812. The number of hydrogen-bond donors (Lipinski definition) is 1. The van der Waals surface area contributed by atoms with E-state index in [1.807, 2.05) is 6.92 Å². The number of imidazole rings is 1. The van der Waals surface area contributed by atoms with Gasteiger partial charge in [-0.3, -0.25) is 0 Å². The zero-order valence-electron chi connectivity index (χ0n) is 13.4. The van der Waals surface area contributed by atoms with Gasteiger partial charge in [-0.25, -0.2) is 4.98 Å². The van der Waals surface area contributed by atoms with Crippen molar-refractivity contribution in [3.05, 3.63) is 11.9 Å². The number of rotatable bonds is 9. The van der Waals surface area contributed by atoms with E-state index in [1.165, 1.54) is 32.1 Å². The maximum Gasteiger partial charge on any atom is 0.203 e. The van der Waals surface area contributed by atoms with E-state index >= 15 is 0 Å². The third-order valence-corrected chi connectivity index (χ3v) is 3.94. The molecule has 0 aromatic carbocycles. The lowest BCUT2D eigenvalue weighted by molar-refractivity contribution is 0.0347. The first-order valence-electron chi connectivity index (χ1n) is 8.18. The summed E-state index contributed by atoms with van der Waals surface area (Å²) in [5, 5.41) is 3.39. The molecular weight excluding hydrogens is 266 g/mol. The number of ether oxygens (including phenoxy) is 2. The van der Waals surface area contributed by atoms with Crippen molar-refractivity contribution in [1.29, 1.82) is 0 Å². The molecule has 120 valence electrons. The molecule has 0 aliphatic heterocycles. The molecule has 1 aromatic rings. The first-order chi connectivity index (χ1) is 10.3. The van der Waals surface area contributed by atoms with Crippen molar-refractivity contribution >= 4 is 5.95 Å². The summed E-state index contributed by atoms with van der Waals surface area (Å²) in [4.78, 5) is 4.53. The van der Waals surface area contributed by atoms with Gasteiger partial charge < -0.3 is 19.4 Å². The Hall–Kier alpha value is -1.07. The first-order valence-corrected chi connectivity index (χ1v) is 8.18. The Labute approximate surface area is 128 Å². The summed E-state index contributed by atoms with van der Waals surface area (Å²) in [7, 11) is 1.74. The molecule has 0 amide bonds. The standard InChI is InChI=1S/C16H29N3O2/c1-14-13-19(10-6-11-20-2)16(18-14)17-9-12-21-15-7-4-3-5-8-15/h13,15H,3-12H2,1-2H3,(H,17,18). The van der Waals surface area contributed by atoms with E-state index in [-0.39, 0.29) is 0 Å². The number of nitrogens with zero attached hydrogens (tertiary/aromatic N) is 2. The Bertz CT molecular complexity index is 400. The minimum Gasteiger partial charge on any atom is -0.385 e. The number of nitrogens with one attached hydrogen (secondary N) is 1. The van der Waals surface area contributed by atoms with Gasteiger partial charge >= 0.3 is 0 Å². The predicted molar refractivity (Wildman–Crippen MR) is 84.8 cm³/mol. The zero-order valence-corrected chi connectivity index (χ0v) is 13.4. The lowest BCUT2D eigenvalue weighted by Crippen LogP contribution is -2.21. The molecule has 1 heterocycles. The molecule has 0 bridgehead atoms. The van der Waals surface area contributed by atoms with Crippen LogP contribution in [0.2, 0.25) is 0 Å². The van der Waals surface area contributed by atoms with Gasteiger partial charge in [-0.2, -0.15) is 0 Å². The molecule has 5 nitrogen and oxygen atoms in total. The lowest BCUT2D eigenvalue weighted by atomic mass is 9.98. The van der Waals surface area contributed by atoms with Crippen LogP contribution in [0.25, 0.3) is 0 Å². The molecule has 1 fully saturated rings. The molecule has 5 heteroatoms. The fourth-order valence-electron chi connectivity index (χ4n) is 2.86. The molecule has 0 atom stereocenters. The van der Waals surface area contributed by atoms with E-state index in [1.54, 1.807) is 7.11 Å². The molecule has 0 unspecified atom stereocenters. The van der Waals surface area contributed by atoms with Gasteiger partial charge in [0.05, 0.1) is 18.4 Å². The number of aromatic nitrogens is 2. The highest BCUT2D eigenvalue weighted by Crippen LogP contribution is 2.20. The Morgan fingerprint density at radius 3 is 2.86 bits per heavy atom. The van der Waals surface area contributed by atoms with Gasteiger partial charge in [0.25, 0.3) is 0 Å². The van der Waals surface area contributed by atoms with Gasteiger partial charge in [-0.05, 0) is 26.2 Å². The van der Waals surface area contributed by atoms with Crippen LogP contribution in [0, 0.1) is 6.92 Å². The van der Waals surface area contributed by atoms with Crippen molar-refractivity contribution in [3.63, 3.8) is 0 Å². The SMILES string of the molecule is COCCCn1cc(C)nc1NCCOC1CCCCC1. The van der Waals surface area contributed by atoms with E-state index in [2.05, 4.69) is 21.1 Å². The van der Waals surface area contributed by atoms with Crippen molar-refractivity contribution < 1.29 is 9.47 Å². The molecule has 2 rings (SSSR count). The third kappa shape index (κ3) is 5.67. The third-order valence-electron chi connectivity index (χ3n) is 3.94. The molecule has 1 aliphatic rings. The van der Waals surface area contributed by atoms with Gasteiger partial charge in [0, 0.05) is 33.0 Å². The molecule has 1 aromatic heterocycles. The van der Waals surface area contributed by atoms with Crippen LogP contribution in [0.4, 0.5) is 5.95 Å². The van der Waals surface area contributed by atoms with Crippen LogP contribution >= 0.6 is 0 Å². The average Bonchev–Trinajstić information content (AvgIpc) is 2.85. The topological polar surface area (TPSA) is 48.3 Å². The predicted octanol–water partition coefficient (Wildman–Crippen LogP) is 2.99. The van der Waals surface area contributed by atoms with E-state index in [4.69, 9.17) is 9.47 Å².